The first-order chi connectivity index (χ1) is 5.77. The zero-order chi connectivity index (χ0) is 8.60. The molecule has 1 aliphatic carbocycles. The first-order valence-corrected chi connectivity index (χ1v) is 4.27. The van der Waals surface area contributed by atoms with E-state index in [9.17, 15) is 5.11 Å². The minimum atomic E-state index is -0.124. The van der Waals surface area contributed by atoms with Gasteiger partial charge in [0, 0.05) is 6.20 Å². The third-order valence-electron chi connectivity index (χ3n) is 2.67. The van der Waals surface area contributed by atoms with E-state index < -0.39 is 0 Å². The molecule has 1 aromatic rings. The molecule has 1 aromatic heterocycles. The van der Waals surface area contributed by atoms with Gasteiger partial charge in [-0.15, -0.1) is 5.10 Å². The monoisotopic (exact) mass is 167 g/mol. The number of nitrogens with zero attached hydrogens (tertiary/aromatic N) is 3. The lowest BCUT2D eigenvalue weighted by atomic mass is 9.77. The van der Waals surface area contributed by atoms with Crippen LogP contribution in [0.2, 0.25) is 0 Å². The first-order valence-electron chi connectivity index (χ1n) is 4.27. The summed E-state index contributed by atoms with van der Waals surface area (Å²) in [6.45, 7) is 2.09. The summed E-state index contributed by atoms with van der Waals surface area (Å²) in [6.07, 6.45) is 5.12. The van der Waals surface area contributed by atoms with Crippen LogP contribution in [-0.2, 0) is 5.54 Å². The van der Waals surface area contributed by atoms with Gasteiger partial charge in [-0.25, -0.2) is 4.68 Å². The summed E-state index contributed by atoms with van der Waals surface area (Å²) in [6, 6.07) is 0. The molecule has 4 nitrogen and oxygen atoms in total. The fourth-order valence-corrected chi connectivity index (χ4v) is 1.62. The lowest BCUT2D eigenvalue weighted by Crippen LogP contribution is -2.44. The third-order valence-corrected chi connectivity index (χ3v) is 2.67. The van der Waals surface area contributed by atoms with Crippen LogP contribution in [0.3, 0.4) is 0 Å². The standard InChI is InChI=1S/C8H13N3O/c1-7-5-11(10-9-7)8(6-12)3-2-4-8/h5,12H,2-4,6H2,1H3. The van der Waals surface area contributed by atoms with Gasteiger partial charge in [-0.05, 0) is 26.2 Å². The number of rotatable bonds is 2. The molecule has 1 heterocycles. The summed E-state index contributed by atoms with van der Waals surface area (Å²) in [5.41, 5.74) is 0.788. The summed E-state index contributed by atoms with van der Waals surface area (Å²) in [5, 5.41) is 17.1. The molecule has 0 saturated heterocycles. The maximum Gasteiger partial charge on any atom is 0.0875 e. The summed E-state index contributed by atoms with van der Waals surface area (Å²) < 4.78 is 1.81. The van der Waals surface area contributed by atoms with Gasteiger partial charge in [0.15, 0.2) is 0 Å². The van der Waals surface area contributed by atoms with Crippen molar-refractivity contribution in [2.24, 2.45) is 0 Å². The molecule has 1 aliphatic rings. The lowest BCUT2D eigenvalue weighted by molar-refractivity contribution is 0.0421. The Kier molecular flexibility index (Phi) is 1.65. The van der Waals surface area contributed by atoms with Crippen molar-refractivity contribution < 1.29 is 5.11 Å². The molecule has 0 unspecified atom stereocenters. The molecular weight excluding hydrogens is 154 g/mol. The van der Waals surface area contributed by atoms with Crippen molar-refractivity contribution in [2.45, 2.75) is 31.7 Å². The largest absolute Gasteiger partial charge is 0.394 e. The second kappa shape index (κ2) is 2.55. The van der Waals surface area contributed by atoms with E-state index in [2.05, 4.69) is 10.3 Å². The number of hydrogen-bond donors (Lipinski definition) is 1. The average molecular weight is 167 g/mol. The molecule has 0 aromatic carbocycles. The Balaban J connectivity index is 2.27. The summed E-state index contributed by atoms with van der Waals surface area (Å²) in [5.74, 6) is 0. The zero-order valence-corrected chi connectivity index (χ0v) is 7.19. The minimum absolute atomic E-state index is 0.124. The predicted octanol–water partition coefficient (Wildman–Crippen LogP) is 0.458. The van der Waals surface area contributed by atoms with Gasteiger partial charge in [0.05, 0.1) is 17.8 Å². The van der Waals surface area contributed by atoms with E-state index in [1.165, 1.54) is 6.42 Å². The molecule has 0 atom stereocenters. The quantitative estimate of drug-likeness (QED) is 0.696. The van der Waals surface area contributed by atoms with Crippen molar-refractivity contribution in [3.63, 3.8) is 0 Å². The minimum Gasteiger partial charge on any atom is -0.394 e. The van der Waals surface area contributed by atoms with E-state index in [1.807, 2.05) is 17.8 Å². The summed E-state index contributed by atoms with van der Waals surface area (Å²) in [7, 11) is 0. The highest BCUT2D eigenvalue weighted by Gasteiger charge is 2.39. The van der Waals surface area contributed by atoms with Crippen LogP contribution in [0.25, 0.3) is 0 Å². The molecule has 1 fully saturated rings. The van der Waals surface area contributed by atoms with Crippen LogP contribution in [0.5, 0.6) is 0 Å². The van der Waals surface area contributed by atoms with Crippen molar-refractivity contribution in [1.82, 2.24) is 15.0 Å². The highest BCUT2D eigenvalue weighted by atomic mass is 16.3. The van der Waals surface area contributed by atoms with Gasteiger partial charge in [-0.3, -0.25) is 0 Å². The van der Waals surface area contributed by atoms with E-state index in [0.29, 0.717) is 0 Å². The Morgan fingerprint density at radius 3 is 2.75 bits per heavy atom. The van der Waals surface area contributed by atoms with Crippen LogP contribution in [0.4, 0.5) is 0 Å². The topological polar surface area (TPSA) is 50.9 Å². The second-order valence-corrected chi connectivity index (χ2v) is 3.54. The van der Waals surface area contributed by atoms with Crippen LogP contribution in [-0.4, -0.2) is 26.7 Å². The number of hydrogen-bond acceptors (Lipinski definition) is 3. The molecule has 0 radical (unpaired) electrons. The van der Waals surface area contributed by atoms with Crippen molar-refractivity contribution >= 4 is 0 Å². The second-order valence-electron chi connectivity index (χ2n) is 3.54. The molecule has 0 aliphatic heterocycles. The number of aromatic nitrogens is 3. The molecule has 12 heavy (non-hydrogen) atoms. The Morgan fingerprint density at radius 2 is 2.42 bits per heavy atom. The van der Waals surface area contributed by atoms with Crippen LogP contribution in [0.15, 0.2) is 6.20 Å². The molecule has 0 bridgehead atoms. The lowest BCUT2D eigenvalue weighted by Gasteiger charge is -2.39. The van der Waals surface area contributed by atoms with Gasteiger partial charge in [-0.1, -0.05) is 5.21 Å². The van der Waals surface area contributed by atoms with Crippen molar-refractivity contribution in [3.8, 4) is 0 Å². The Hall–Kier alpha value is -0.900. The molecule has 4 heteroatoms. The van der Waals surface area contributed by atoms with Crippen LogP contribution in [0, 0.1) is 6.92 Å². The van der Waals surface area contributed by atoms with E-state index in [4.69, 9.17) is 0 Å². The molecular formula is C8H13N3O. The van der Waals surface area contributed by atoms with Gasteiger partial charge in [-0.2, -0.15) is 0 Å². The SMILES string of the molecule is Cc1cn(C2(CO)CCC2)nn1. The summed E-state index contributed by atoms with van der Waals surface area (Å²) >= 11 is 0. The Labute approximate surface area is 71.2 Å². The number of aryl methyl sites for hydroxylation is 1. The van der Waals surface area contributed by atoms with E-state index in [1.54, 1.807) is 0 Å². The van der Waals surface area contributed by atoms with Crippen LogP contribution >= 0.6 is 0 Å². The van der Waals surface area contributed by atoms with Crippen molar-refractivity contribution in [1.29, 1.82) is 0 Å². The number of aliphatic hydroxyl groups is 1. The zero-order valence-electron chi connectivity index (χ0n) is 7.19. The first kappa shape index (κ1) is 7.73. The van der Waals surface area contributed by atoms with Gasteiger partial charge in [0.25, 0.3) is 0 Å². The molecule has 66 valence electrons. The fraction of sp³-hybridized carbons (Fsp3) is 0.750. The van der Waals surface area contributed by atoms with Gasteiger partial charge < -0.3 is 5.11 Å². The predicted molar refractivity (Wildman–Crippen MR) is 43.7 cm³/mol. The van der Waals surface area contributed by atoms with Crippen LogP contribution in [0.1, 0.15) is 25.0 Å². The molecule has 1 N–H and O–H groups in total. The molecule has 0 amide bonds. The van der Waals surface area contributed by atoms with E-state index in [-0.39, 0.29) is 12.1 Å². The van der Waals surface area contributed by atoms with Crippen LogP contribution < -0.4 is 0 Å². The highest BCUT2D eigenvalue weighted by Crippen LogP contribution is 2.37. The Morgan fingerprint density at radius 1 is 1.67 bits per heavy atom. The van der Waals surface area contributed by atoms with Gasteiger partial charge in [0.2, 0.25) is 0 Å². The molecule has 2 rings (SSSR count). The van der Waals surface area contributed by atoms with Crippen molar-refractivity contribution in [3.05, 3.63) is 11.9 Å². The fourth-order valence-electron chi connectivity index (χ4n) is 1.62. The molecule has 1 saturated carbocycles. The van der Waals surface area contributed by atoms with E-state index >= 15 is 0 Å². The smallest absolute Gasteiger partial charge is 0.0875 e. The van der Waals surface area contributed by atoms with E-state index in [0.717, 1.165) is 18.5 Å². The maximum absolute atomic E-state index is 9.21. The Bertz CT molecular complexity index is 272. The third kappa shape index (κ3) is 0.948. The normalized spacial score (nSPS) is 20.5. The average Bonchev–Trinajstić information content (AvgIpc) is 2.35. The summed E-state index contributed by atoms with van der Waals surface area (Å²) in [4.78, 5) is 0. The maximum atomic E-state index is 9.21. The highest BCUT2D eigenvalue weighted by molar-refractivity contribution is 4.98. The van der Waals surface area contributed by atoms with Gasteiger partial charge in [0.1, 0.15) is 0 Å². The molecule has 0 spiro atoms. The van der Waals surface area contributed by atoms with Crippen molar-refractivity contribution in [2.75, 3.05) is 6.61 Å². The number of aliphatic hydroxyl groups excluding tert-OH is 1. The van der Waals surface area contributed by atoms with Gasteiger partial charge >= 0.3 is 0 Å².